The van der Waals surface area contributed by atoms with E-state index in [-0.39, 0.29) is 6.04 Å². The second kappa shape index (κ2) is 6.45. The second-order valence-electron chi connectivity index (χ2n) is 5.01. The fraction of sp³-hybridized carbons (Fsp3) is 0.312. The molecule has 5 heteroatoms. The SMILES string of the molecule is COc1ccc(C(N)=S)c(NC(C)c2cc(C)sc2C)c1. The zero-order chi connectivity index (χ0) is 15.6. The molecule has 0 fully saturated rings. The molecule has 21 heavy (non-hydrogen) atoms. The van der Waals surface area contributed by atoms with Crippen LogP contribution in [0.2, 0.25) is 0 Å². The summed E-state index contributed by atoms with van der Waals surface area (Å²) in [6.45, 7) is 6.41. The van der Waals surface area contributed by atoms with Gasteiger partial charge >= 0.3 is 0 Å². The van der Waals surface area contributed by atoms with E-state index in [1.165, 1.54) is 15.3 Å². The highest BCUT2D eigenvalue weighted by Gasteiger charge is 2.14. The lowest BCUT2D eigenvalue weighted by atomic mass is 10.1. The summed E-state index contributed by atoms with van der Waals surface area (Å²) in [6.07, 6.45) is 0. The highest BCUT2D eigenvalue weighted by atomic mass is 32.1. The molecular weight excluding hydrogens is 300 g/mol. The summed E-state index contributed by atoms with van der Waals surface area (Å²) in [4.78, 5) is 3.02. The van der Waals surface area contributed by atoms with E-state index in [2.05, 4.69) is 32.2 Å². The largest absolute Gasteiger partial charge is 0.497 e. The molecule has 2 rings (SSSR count). The van der Waals surface area contributed by atoms with E-state index in [1.807, 2.05) is 29.5 Å². The number of benzene rings is 1. The smallest absolute Gasteiger partial charge is 0.120 e. The standard InChI is InChI=1S/C16H20N2OS2/c1-9-7-14(11(3)21-9)10(2)18-15-8-12(19-4)5-6-13(15)16(17)20/h5-8,10,18H,1-4H3,(H2,17,20). The Morgan fingerprint density at radius 1 is 1.33 bits per heavy atom. The second-order valence-corrected chi connectivity index (χ2v) is 6.91. The molecule has 0 aliphatic heterocycles. The number of thiocarbonyl (C=S) groups is 1. The van der Waals surface area contributed by atoms with Gasteiger partial charge in [0.2, 0.25) is 0 Å². The maximum absolute atomic E-state index is 5.81. The van der Waals surface area contributed by atoms with Crippen molar-refractivity contribution in [3.8, 4) is 5.75 Å². The number of nitrogens with two attached hydrogens (primary N) is 1. The first-order valence-corrected chi connectivity index (χ1v) is 7.96. The molecule has 3 N–H and O–H groups in total. The first-order valence-electron chi connectivity index (χ1n) is 6.73. The molecule has 0 bridgehead atoms. The van der Waals surface area contributed by atoms with Crippen molar-refractivity contribution in [3.63, 3.8) is 0 Å². The highest BCUT2D eigenvalue weighted by Crippen LogP contribution is 2.31. The van der Waals surface area contributed by atoms with E-state index in [0.29, 0.717) is 4.99 Å². The van der Waals surface area contributed by atoms with Crippen molar-refractivity contribution in [2.24, 2.45) is 5.73 Å². The Kier molecular flexibility index (Phi) is 4.85. The van der Waals surface area contributed by atoms with Crippen LogP contribution in [0.25, 0.3) is 0 Å². The number of nitrogens with one attached hydrogen (secondary N) is 1. The van der Waals surface area contributed by atoms with Crippen LogP contribution in [0.3, 0.4) is 0 Å². The number of hydrogen-bond donors (Lipinski definition) is 2. The lowest BCUT2D eigenvalue weighted by molar-refractivity contribution is 0.415. The molecule has 0 radical (unpaired) electrons. The minimum absolute atomic E-state index is 0.176. The van der Waals surface area contributed by atoms with Crippen molar-refractivity contribution in [3.05, 3.63) is 45.1 Å². The van der Waals surface area contributed by atoms with Gasteiger partial charge in [-0.1, -0.05) is 12.2 Å². The number of methoxy groups -OCH3 is 1. The van der Waals surface area contributed by atoms with Crippen LogP contribution in [-0.2, 0) is 0 Å². The third kappa shape index (κ3) is 3.54. The van der Waals surface area contributed by atoms with Crippen molar-refractivity contribution in [2.45, 2.75) is 26.8 Å². The fourth-order valence-electron chi connectivity index (χ4n) is 2.38. The molecular formula is C16H20N2OS2. The highest BCUT2D eigenvalue weighted by molar-refractivity contribution is 7.80. The molecule has 1 aromatic carbocycles. The van der Waals surface area contributed by atoms with Crippen molar-refractivity contribution in [2.75, 3.05) is 12.4 Å². The van der Waals surface area contributed by atoms with Gasteiger partial charge in [0.15, 0.2) is 0 Å². The molecule has 1 heterocycles. The van der Waals surface area contributed by atoms with Crippen LogP contribution in [0.15, 0.2) is 24.3 Å². The Morgan fingerprint density at radius 2 is 2.05 bits per heavy atom. The molecule has 0 aliphatic rings. The minimum atomic E-state index is 0.176. The summed E-state index contributed by atoms with van der Waals surface area (Å²) < 4.78 is 5.28. The number of aryl methyl sites for hydroxylation is 2. The predicted molar refractivity (Wildman–Crippen MR) is 94.7 cm³/mol. The summed E-state index contributed by atoms with van der Waals surface area (Å²) in [5, 5.41) is 3.50. The van der Waals surface area contributed by atoms with Gasteiger partial charge in [0.1, 0.15) is 10.7 Å². The van der Waals surface area contributed by atoms with E-state index in [4.69, 9.17) is 22.7 Å². The molecule has 0 aliphatic carbocycles. The number of thiophene rings is 1. The van der Waals surface area contributed by atoms with E-state index < -0.39 is 0 Å². The number of hydrogen-bond acceptors (Lipinski definition) is 4. The monoisotopic (exact) mass is 320 g/mol. The third-order valence-electron chi connectivity index (χ3n) is 3.41. The van der Waals surface area contributed by atoms with Crippen molar-refractivity contribution >= 4 is 34.2 Å². The summed E-state index contributed by atoms with van der Waals surface area (Å²) in [5.74, 6) is 0.780. The molecule has 3 nitrogen and oxygen atoms in total. The molecule has 1 aromatic heterocycles. The van der Waals surface area contributed by atoms with Crippen LogP contribution in [0.1, 0.15) is 33.8 Å². The molecule has 1 unspecified atom stereocenters. The molecule has 0 spiro atoms. The summed E-state index contributed by atoms with van der Waals surface area (Å²) in [7, 11) is 1.65. The molecule has 0 saturated heterocycles. The van der Waals surface area contributed by atoms with E-state index in [0.717, 1.165) is 17.0 Å². The van der Waals surface area contributed by atoms with Gasteiger partial charge in [0.05, 0.1) is 7.11 Å². The van der Waals surface area contributed by atoms with Crippen molar-refractivity contribution in [1.82, 2.24) is 0 Å². The Bertz CT molecular complexity index is 664. The van der Waals surface area contributed by atoms with Crippen LogP contribution in [-0.4, -0.2) is 12.1 Å². The summed E-state index contributed by atoms with van der Waals surface area (Å²) in [6, 6.07) is 8.08. The average Bonchev–Trinajstić information content (AvgIpc) is 2.77. The molecule has 1 atom stereocenters. The summed E-state index contributed by atoms with van der Waals surface area (Å²) in [5.41, 5.74) is 8.84. The van der Waals surface area contributed by atoms with Crippen LogP contribution in [0.5, 0.6) is 5.75 Å². The van der Waals surface area contributed by atoms with Crippen LogP contribution >= 0.6 is 23.6 Å². The molecule has 112 valence electrons. The number of anilines is 1. The maximum atomic E-state index is 5.81. The Morgan fingerprint density at radius 3 is 2.57 bits per heavy atom. The normalized spacial score (nSPS) is 12.0. The zero-order valence-corrected chi connectivity index (χ0v) is 14.3. The number of rotatable bonds is 5. The van der Waals surface area contributed by atoms with Gasteiger partial charge in [-0.25, -0.2) is 0 Å². The lowest BCUT2D eigenvalue weighted by Gasteiger charge is -2.19. The van der Waals surface area contributed by atoms with Gasteiger partial charge in [0, 0.05) is 33.1 Å². The van der Waals surface area contributed by atoms with Crippen LogP contribution in [0, 0.1) is 13.8 Å². The van der Waals surface area contributed by atoms with Gasteiger partial charge in [-0.05, 0) is 44.5 Å². The summed E-state index contributed by atoms with van der Waals surface area (Å²) >= 11 is 6.94. The van der Waals surface area contributed by atoms with Gasteiger partial charge < -0.3 is 15.8 Å². The van der Waals surface area contributed by atoms with Crippen molar-refractivity contribution < 1.29 is 4.74 Å². The average molecular weight is 320 g/mol. The van der Waals surface area contributed by atoms with Gasteiger partial charge in [-0.2, -0.15) is 0 Å². The first kappa shape index (κ1) is 15.8. The van der Waals surface area contributed by atoms with Crippen LogP contribution in [0.4, 0.5) is 5.69 Å². The molecule has 0 amide bonds. The van der Waals surface area contributed by atoms with Gasteiger partial charge in [-0.3, -0.25) is 0 Å². The Labute approximate surface area is 135 Å². The lowest BCUT2D eigenvalue weighted by Crippen LogP contribution is -2.15. The first-order chi connectivity index (χ1) is 9.92. The predicted octanol–water partition coefficient (Wildman–Crippen LogP) is 4.18. The molecule has 0 saturated carbocycles. The fourth-order valence-corrected chi connectivity index (χ4v) is 3.58. The molecule has 2 aromatic rings. The quantitative estimate of drug-likeness (QED) is 0.811. The van der Waals surface area contributed by atoms with Gasteiger partial charge in [0.25, 0.3) is 0 Å². The van der Waals surface area contributed by atoms with E-state index >= 15 is 0 Å². The van der Waals surface area contributed by atoms with Crippen molar-refractivity contribution in [1.29, 1.82) is 0 Å². The third-order valence-corrected chi connectivity index (χ3v) is 4.61. The minimum Gasteiger partial charge on any atom is -0.497 e. The van der Waals surface area contributed by atoms with E-state index in [1.54, 1.807) is 7.11 Å². The Balaban J connectivity index is 2.33. The van der Waals surface area contributed by atoms with E-state index in [9.17, 15) is 0 Å². The van der Waals surface area contributed by atoms with Crippen LogP contribution < -0.4 is 15.8 Å². The maximum Gasteiger partial charge on any atom is 0.120 e. The zero-order valence-electron chi connectivity index (χ0n) is 12.7. The topological polar surface area (TPSA) is 47.3 Å². The Hall–Kier alpha value is -1.59. The number of ether oxygens (including phenoxy) is 1. The van der Waals surface area contributed by atoms with Gasteiger partial charge in [-0.15, -0.1) is 11.3 Å².